The first-order chi connectivity index (χ1) is 8.54. The highest BCUT2D eigenvalue weighted by Gasteiger charge is 2.16. The van der Waals surface area contributed by atoms with E-state index < -0.39 is 0 Å². The molecule has 0 aliphatic heterocycles. The largest absolute Gasteiger partial charge is 0.395 e. The van der Waals surface area contributed by atoms with Gasteiger partial charge in [-0.1, -0.05) is 29.8 Å². The summed E-state index contributed by atoms with van der Waals surface area (Å²) in [7, 11) is 1.83. The zero-order valence-electron chi connectivity index (χ0n) is 11.3. The maximum atomic E-state index is 11.9. The number of aliphatic hydroxyl groups excluding tert-OH is 1. The van der Waals surface area contributed by atoms with Crippen molar-refractivity contribution in [2.75, 3.05) is 20.2 Å². The predicted octanol–water partition coefficient (Wildman–Crippen LogP) is 0.924. The summed E-state index contributed by atoms with van der Waals surface area (Å²) in [5.74, 6) is -0.0217. The molecular formula is C14H22N2O2. The number of aryl methyl sites for hydroxylation is 1. The van der Waals surface area contributed by atoms with Gasteiger partial charge in [-0.15, -0.1) is 0 Å². The molecule has 0 aliphatic carbocycles. The smallest absolute Gasteiger partial charge is 0.237 e. The van der Waals surface area contributed by atoms with E-state index in [1.165, 1.54) is 5.56 Å². The van der Waals surface area contributed by atoms with Crippen LogP contribution >= 0.6 is 0 Å². The Labute approximate surface area is 109 Å². The van der Waals surface area contributed by atoms with Gasteiger partial charge >= 0.3 is 0 Å². The van der Waals surface area contributed by atoms with Crippen LogP contribution in [0.3, 0.4) is 0 Å². The molecule has 100 valence electrons. The molecule has 1 amide bonds. The Bertz CT molecular complexity index is 376. The Morgan fingerprint density at radius 3 is 2.56 bits per heavy atom. The molecule has 4 heteroatoms. The molecule has 0 spiro atoms. The Balaban J connectivity index is 2.43. The van der Waals surface area contributed by atoms with Gasteiger partial charge in [0.05, 0.1) is 12.6 Å². The molecule has 1 atom stereocenters. The van der Waals surface area contributed by atoms with E-state index in [0.717, 1.165) is 5.56 Å². The quantitative estimate of drug-likeness (QED) is 0.789. The molecule has 4 nitrogen and oxygen atoms in total. The Kier molecular flexibility index (Phi) is 5.82. The number of carbonyl (C=O) groups is 1. The lowest BCUT2D eigenvalue weighted by atomic mass is 10.1. The van der Waals surface area contributed by atoms with E-state index in [-0.39, 0.29) is 18.6 Å². The van der Waals surface area contributed by atoms with Crippen molar-refractivity contribution in [3.8, 4) is 0 Å². The predicted molar refractivity (Wildman–Crippen MR) is 72.2 cm³/mol. The fraction of sp³-hybridized carbons (Fsp3) is 0.500. The minimum Gasteiger partial charge on any atom is -0.395 e. The average Bonchev–Trinajstić information content (AvgIpc) is 2.37. The van der Waals surface area contributed by atoms with Gasteiger partial charge < -0.3 is 10.4 Å². The standard InChI is InChI=1S/C14H22N2O2/c1-11-4-6-13(7-5-11)10-15-14(18)12(2)16(3)8-9-17/h4-7,12,17H,8-10H2,1-3H3,(H,15,18). The summed E-state index contributed by atoms with van der Waals surface area (Å²) < 4.78 is 0. The molecule has 2 N–H and O–H groups in total. The van der Waals surface area contributed by atoms with Crippen LogP contribution in [-0.2, 0) is 11.3 Å². The lowest BCUT2D eigenvalue weighted by molar-refractivity contribution is -0.125. The van der Waals surface area contributed by atoms with Crippen molar-refractivity contribution in [2.45, 2.75) is 26.4 Å². The van der Waals surface area contributed by atoms with Crippen LogP contribution < -0.4 is 5.32 Å². The van der Waals surface area contributed by atoms with Crippen molar-refractivity contribution in [2.24, 2.45) is 0 Å². The monoisotopic (exact) mass is 250 g/mol. The van der Waals surface area contributed by atoms with Crippen LogP contribution in [0.5, 0.6) is 0 Å². The third-order valence-electron chi connectivity index (χ3n) is 3.08. The summed E-state index contributed by atoms with van der Waals surface area (Å²) in [6.45, 7) is 4.97. The van der Waals surface area contributed by atoms with Crippen LogP contribution in [0.4, 0.5) is 0 Å². The van der Waals surface area contributed by atoms with E-state index >= 15 is 0 Å². The van der Waals surface area contributed by atoms with Gasteiger partial charge in [0.15, 0.2) is 0 Å². The molecule has 0 bridgehead atoms. The number of benzene rings is 1. The van der Waals surface area contributed by atoms with Gasteiger partial charge in [0.2, 0.25) is 5.91 Å². The number of amides is 1. The maximum Gasteiger partial charge on any atom is 0.237 e. The number of aliphatic hydroxyl groups is 1. The summed E-state index contributed by atoms with van der Waals surface area (Å²) in [4.78, 5) is 13.7. The molecule has 0 saturated heterocycles. The fourth-order valence-electron chi connectivity index (χ4n) is 1.59. The highest BCUT2D eigenvalue weighted by Crippen LogP contribution is 2.03. The first-order valence-corrected chi connectivity index (χ1v) is 6.19. The van der Waals surface area contributed by atoms with E-state index in [9.17, 15) is 4.79 Å². The van der Waals surface area contributed by atoms with Crippen molar-refractivity contribution in [1.29, 1.82) is 0 Å². The van der Waals surface area contributed by atoms with Crippen molar-refractivity contribution in [1.82, 2.24) is 10.2 Å². The van der Waals surface area contributed by atoms with Gasteiger partial charge in [-0.25, -0.2) is 0 Å². The number of hydrogen-bond acceptors (Lipinski definition) is 3. The van der Waals surface area contributed by atoms with Gasteiger partial charge in [-0.05, 0) is 26.5 Å². The molecule has 1 aromatic rings. The lowest BCUT2D eigenvalue weighted by Gasteiger charge is -2.22. The van der Waals surface area contributed by atoms with Crippen LogP contribution in [0.2, 0.25) is 0 Å². The van der Waals surface area contributed by atoms with Crippen molar-refractivity contribution >= 4 is 5.91 Å². The normalized spacial score (nSPS) is 12.5. The molecule has 1 unspecified atom stereocenters. The minimum absolute atomic E-state index is 0.0217. The summed E-state index contributed by atoms with van der Waals surface area (Å²) in [6.07, 6.45) is 0. The topological polar surface area (TPSA) is 52.6 Å². The SMILES string of the molecule is Cc1ccc(CNC(=O)C(C)N(C)CCO)cc1. The van der Waals surface area contributed by atoms with Crippen molar-refractivity contribution < 1.29 is 9.90 Å². The van der Waals surface area contributed by atoms with Crippen LogP contribution in [0.15, 0.2) is 24.3 Å². The highest BCUT2D eigenvalue weighted by atomic mass is 16.3. The van der Waals surface area contributed by atoms with Crippen LogP contribution in [0, 0.1) is 6.92 Å². The number of rotatable bonds is 6. The van der Waals surface area contributed by atoms with Gasteiger partial charge in [-0.2, -0.15) is 0 Å². The highest BCUT2D eigenvalue weighted by molar-refractivity contribution is 5.81. The molecule has 0 aliphatic rings. The van der Waals surface area contributed by atoms with Gasteiger partial charge in [-0.3, -0.25) is 9.69 Å². The third kappa shape index (κ3) is 4.47. The van der Waals surface area contributed by atoms with E-state index in [1.54, 1.807) is 0 Å². The Morgan fingerprint density at radius 1 is 1.39 bits per heavy atom. The molecule has 0 fully saturated rings. The zero-order chi connectivity index (χ0) is 13.5. The first-order valence-electron chi connectivity index (χ1n) is 6.19. The summed E-state index contributed by atoms with van der Waals surface area (Å²) in [6, 6.07) is 7.85. The number of carbonyl (C=O) groups excluding carboxylic acids is 1. The van der Waals surface area contributed by atoms with E-state index in [1.807, 2.05) is 50.1 Å². The molecule has 0 saturated carbocycles. The average molecular weight is 250 g/mol. The molecule has 0 radical (unpaired) electrons. The van der Waals surface area contributed by atoms with E-state index in [2.05, 4.69) is 5.32 Å². The Morgan fingerprint density at radius 2 is 2.00 bits per heavy atom. The molecule has 18 heavy (non-hydrogen) atoms. The van der Waals surface area contributed by atoms with Crippen LogP contribution in [-0.4, -0.2) is 42.2 Å². The zero-order valence-corrected chi connectivity index (χ0v) is 11.3. The first kappa shape index (κ1) is 14.7. The number of likely N-dealkylation sites (N-methyl/N-ethyl adjacent to an activating group) is 1. The molecule has 1 aromatic carbocycles. The van der Waals surface area contributed by atoms with Crippen molar-refractivity contribution in [3.63, 3.8) is 0 Å². The molecule has 1 rings (SSSR count). The van der Waals surface area contributed by atoms with Crippen LogP contribution in [0.1, 0.15) is 18.1 Å². The van der Waals surface area contributed by atoms with Crippen LogP contribution in [0.25, 0.3) is 0 Å². The number of hydrogen-bond donors (Lipinski definition) is 2. The second kappa shape index (κ2) is 7.13. The molecular weight excluding hydrogens is 228 g/mol. The second-order valence-electron chi connectivity index (χ2n) is 4.58. The van der Waals surface area contributed by atoms with Gasteiger partial charge in [0.1, 0.15) is 0 Å². The summed E-state index contributed by atoms with van der Waals surface area (Å²) in [5, 5.41) is 11.7. The molecule has 0 aromatic heterocycles. The Hall–Kier alpha value is -1.39. The minimum atomic E-state index is -0.234. The van der Waals surface area contributed by atoms with E-state index in [4.69, 9.17) is 5.11 Å². The lowest BCUT2D eigenvalue weighted by Crippen LogP contribution is -2.43. The fourth-order valence-corrected chi connectivity index (χ4v) is 1.59. The number of nitrogens with zero attached hydrogens (tertiary/aromatic N) is 1. The second-order valence-corrected chi connectivity index (χ2v) is 4.58. The summed E-state index contributed by atoms with van der Waals surface area (Å²) in [5.41, 5.74) is 2.30. The van der Waals surface area contributed by atoms with E-state index in [0.29, 0.717) is 13.1 Å². The van der Waals surface area contributed by atoms with Gasteiger partial charge in [0, 0.05) is 13.1 Å². The maximum absolute atomic E-state index is 11.9. The third-order valence-corrected chi connectivity index (χ3v) is 3.08. The van der Waals surface area contributed by atoms with Crippen molar-refractivity contribution in [3.05, 3.63) is 35.4 Å². The summed E-state index contributed by atoms with van der Waals surface area (Å²) >= 11 is 0. The molecule has 0 heterocycles. The number of nitrogens with one attached hydrogen (secondary N) is 1. The van der Waals surface area contributed by atoms with Gasteiger partial charge in [0.25, 0.3) is 0 Å².